The van der Waals surface area contributed by atoms with Crippen molar-refractivity contribution in [1.29, 1.82) is 0 Å². The Morgan fingerprint density at radius 3 is 2.65 bits per heavy atom. The van der Waals surface area contributed by atoms with E-state index < -0.39 is 17.7 Å². The summed E-state index contributed by atoms with van der Waals surface area (Å²) >= 11 is 0. The highest BCUT2D eigenvalue weighted by atomic mass is 16.6. The number of carbonyl (C=O) groups excluding carboxylic acids is 1. The van der Waals surface area contributed by atoms with Crippen molar-refractivity contribution in [3.8, 4) is 0 Å². The Balaban J connectivity index is 1.89. The van der Waals surface area contributed by atoms with Gasteiger partial charge in [0.2, 0.25) is 0 Å². The predicted molar refractivity (Wildman–Crippen MR) is 70.5 cm³/mol. The van der Waals surface area contributed by atoms with E-state index in [9.17, 15) is 9.59 Å². The van der Waals surface area contributed by atoms with E-state index in [2.05, 4.69) is 5.32 Å². The van der Waals surface area contributed by atoms with Crippen LogP contribution in [0.15, 0.2) is 0 Å². The maximum Gasteiger partial charge on any atom is 0.410 e. The van der Waals surface area contributed by atoms with E-state index in [1.54, 1.807) is 4.90 Å². The van der Waals surface area contributed by atoms with Crippen molar-refractivity contribution in [2.75, 3.05) is 26.2 Å². The lowest BCUT2D eigenvalue weighted by molar-refractivity contribution is -0.155. The van der Waals surface area contributed by atoms with Crippen molar-refractivity contribution in [2.24, 2.45) is 0 Å². The lowest BCUT2D eigenvalue weighted by Gasteiger charge is -2.37. The van der Waals surface area contributed by atoms with Crippen LogP contribution in [-0.2, 0) is 14.3 Å². The molecule has 0 aromatic carbocycles. The summed E-state index contributed by atoms with van der Waals surface area (Å²) in [5.74, 6) is -0.964. The van der Waals surface area contributed by atoms with Crippen LogP contribution in [0.5, 0.6) is 0 Å². The molecule has 114 valence electrons. The molecule has 2 unspecified atom stereocenters. The van der Waals surface area contributed by atoms with Gasteiger partial charge in [0, 0.05) is 19.6 Å². The molecule has 7 nitrogen and oxygen atoms in total. The zero-order chi connectivity index (χ0) is 15.0. The molecule has 2 fully saturated rings. The van der Waals surface area contributed by atoms with Crippen LogP contribution in [0, 0.1) is 0 Å². The van der Waals surface area contributed by atoms with Gasteiger partial charge in [0.1, 0.15) is 5.60 Å². The molecule has 0 bridgehead atoms. The summed E-state index contributed by atoms with van der Waals surface area (Å²) in [7, 11) is 0. The van der Waals surface area contributed by atoms with Crippen molar-refractivity contribution in [3.05, 3.63) is 0 Å². The van der Waals surface area contributed by atoms with Crippen LogP contribution >= 0.6 is 0 Å². The number of morpholine rings is 1. The first-order chi connectivity index (χ1) is 9.21. The number of carboxylic acid groups (broad SMARTS) is 1. The molecule has 2 heterocycles. The number of ether oxygens (including phenoxy) is 2. The van der Waals surface area contributed by atoms with Gasteiger partial charge in [-0.25, -0.2) is 9.59 Å². The van der Waals surface area contributed by atoms with E-state index in [4.69, 9.17) is 14.6 Å². The Bertz CT molecular complexity index is 396. The van der Waals surface area contributed by atoms with Crippen LogP contribution in [0.2, 0.25) is 0 Å². The van der Waals surface area contributed by atoms with Crippen LogP contribution < -0.4 is 5.32 Å². The van der Waals surface area contributed by atoms with Gasteiger partial charge in [-0.15, -0.1) is 0 Å². The molecular weight excluding hydrogens is 264 g/mol. The molecule has 0 aromatic heterocycles. The number of hydrogen-bond acceptors (Lipinski definition) is 5. The van der Waals surface area contributed by atoms with Crippen LogP contribution in [0.4, 0.5) is 4.79 Å². The number of carbonyl (C=O) groups is 2. The largest absolute Gasteiger partial charge is 0.479 e. The Hall–Kier alpha value is -1.34. The Kier molecular flexibility index (Phi) is 3.93. The SMILES string of the molecule is CC(C)(C)OC(=O)N1CCC2(COC(C(=O)O)CN2)C1. The normalized spacial score (nSPS) is 30.6. The van der Waals surface area contributed by atoms with Gasteiger partial charge in [0.25, 0.3) is 0 Å². The van der Waals surface area contributed by atoms with Crippen LogP contribution in [-0.4, -0.2) is 65.6 Å². The first-order valence-corrected chi connectivity index (χ1v) is 6.78. The number of aliphatic carboxylic acids is 1. The number of likely N-dealkylation sites (tertiary alicyclic amines) is 1. The Morgan fingerprint density at radius 1 is 1.45 bits per heavy atom. The number of nitrogens with one attached hydrogen (secondary N) is 1. The highest BCUT2D eigenvalue weighted by molar-refractivity contribution is 5.73. The quantitative estimate of drug-likeness (QED) is 0.727. The standard InChI is InChI=1S/C13H22N2O5/c1-12(2,3)20-11(18)15-5-4-13(7-15)8-19-9(6-14-13)10(16)17/h9,14H,4-8H2,1-3H3,(H,16,17). The van der Waals surface area contributed by atoms with Crippen LogP contribution in [0.3, 0.4) is 0 Å². The molecule has 0 saturated carbocycles. The first kappa shape index (κ1) is 15.1. The minimum atomic E-state index is -0.964. The fourth-order valence-corrected chi connectivity index (χ4v) is 2.45. The number of hydrogen-bond donors (Lipinski definition) is 2. The molecule has 7 heteroatoms. The summed E-state index contributed by atoms with van der Waals surface area (Å²) in [4.78, 5) is 24.5. The molecule has 2 saturated heterocycles. The van der Waals surface area contributed by atoms with Gasteiger partial charge in [-0.3, -0.25) is 0 Å². The van der Waals surface area contributed by atoms with Crippen molar-refractivity contribution in [1.82, 2.24) is 10.2 Å². The second kappa shape index (κ2) is 5.21. The fourth-order valence-electron chi connectivity index (χ4n) is 2.45. The monoisotopic (exact) mass is 286 g/mol. The predicted octanol–water partition coefficient (Wildman–Crippen LogP) is 0.439. The zero-order valence-electron chi connectivity index (χ0n) is 12.1. The minimum absolute atomic E-state index is 0.261. The van der Waals surface area contributed by atoms with Crippen molar-refractivity contribution in [2.45, 2.75) is 44.4 Å². The third-order valence-electron chi connectivity index (χ3n) is 3.50. The lowest BCUT2D eigenvalue weighted by Crippen LogP contribution is -2.60. The molecule has 1 amide bonds. The van der Waals surface area contributed by atoms with Gasteiger partial charge < -0.3 is 24.8 Å². The molecule has 0 radical (unpaired) electrons. The smallest absolute Gasteiger partial charge is 0.410 e. The molecule has 0 aromatic rings. The van der Waals surface area contributed by atoms with Gasteiger partial charge >= 0.3 is 12.1 Å². The molecule has 20 heavy (non-hydrogen) atoms. The molecule has 0 aliphatic carbocycles. The van der Waals surface area contributed by atoms with E-state index in [-0.39, 0.29) is 18.2 Å². The third-order valence-corrected chi connectivity index (χ3v) is 3.50. The summed E-state index contributed by atoms with van der Waals surface area (Å²) in [5, 5.41) is 12.1. The summed E-state index contributed by atoms with van der Waals surface area (Å²) in [5.41, 5.74) is -0.861. The molecule has 2 atom stereocenters. The van der Waals surface area contributed by atoms with Gasteiger partial charge in [0.05, 0.1) is 12.1 Å². The number of carboxylic acids is 1. The molecule has 2 rings (SSSR count). The van der Waals surface area contributed by atoms with Gasteiger partial charge in [-0.1, -0.05) is 0 Å². The number of rotatable bonds is 1. The van der Waals surface area contributed by atoms with Crippen LogP contribution in [0.1, 0.15) is 27.2 Å². The maximum atomic E-state index is 12.0. The molecule has 2 aliphatic rings. The second-order valence-corrected chi connectivity index (χ2v) is 6.45. The lowest BCUT2D eigenvalue weighted by atomic mass is 9.98. The minimum Gasteiger partial charge on any atom is -0.479 e. The van der Waals surface area contributed by atoms with E-state index in [0.29, 0.717) is 19.7 Å². The van der Waals surface area contributed by atoms with Crippen molar-refractivity contribution >= 4 is 12.1 Å². The summed E-state index contributed by atoms with van der Waals surface area (Å²) in [6, 6.07) is 0. The average Bonchev–Trinajstić information content (AvgIpc) is 2.72. The van der Waals surface area contributed by atoms with E-state index in [0.717, 1.165) is 6.42 Å². The fraction of sp³-hybridized carbons (Fsp3) is 0.846. The highest BCUT2D eigenvalue weighted by Gasteiger charge is 2.45. The zero-order valence-corrected chi connectivity index (χ0v) is 12.1. The Morgan fingerprint density at radius 2 is 2.15 bits per heavy atom. The number of nitrogens with zero attached hydrogens (tertiary/aromatic N) is 1. The van der Waals surface area contributed by atoms with E-state index in [1.807, 2.05) is 20.8 Å². The summed E-state index contributed by atoms with van der Waals surface area (Å²) < 4.78 is 10.7. The van der Waals surface area contributed by atoms with Gasteiger partial charge in [-0.2, -0.15) is 0 Å². The van der Waals surface area contributed by atoms with E-state index in [1.165, 1.54) is 0 Å². The average molecular weight is 286 g/mol. The summed E-state index contributed by atoms with van der Waals surface area (Å²) in [6.45, 7) is 7.11. The molecule has 1 spiro atoms. The topological polar surface area (TPSA) is 88.1 Å². The van der Waals surface area contributed by atoms with Gasteiger partial charge in [0.15, 0.2) is 6.10 Å². The molecule has 2 N–H and O–H groups in total. The third kappa shape index (κ3) is 3.40. The van der Waals surface area contributed by atoms with Crippen molar-refractivity contribution < 1.29 is 24.2 Å². The summed E-state index contributed by atoms with van der Waals surface area (Å²) in [6.07, 6.45) is -0.411. The molecular formula is C13H22N2O5. The van der Waals surface area contributed by atoms with E-state index >= 15 is 0 Å². The number of amides is 1. The maximum absolute atomic E-state index is 12.0. The molecule has 2 aliphatic heterocycles. The Labute approximate surface area is 118 Å². The first-order valence-electron chi connectivity index (χ1n) is 6.78. The van der Waals surface area contributed by atoms with Gasteiger partial charge in [-0.05, 0) is 27.2 Å². The van der Waals surface area contributed by atoms with Crippen LogP contribution in [0.25, 0.3) is 0 Å². The second-order valence-electron chi connectivity index (χ2n) is 6.45. The highest BCUT2D eigenvalue weighted by Crippen LogP contribution is 2.26. The van der Waals surface area contributed by atoms with Crippen molar-refractivity contribution in [3.63, 3.8) is 0 Å².